The summed E-state index contributed by atoms with van der Waals surface area (Å²) in [5.41, 5.74) is 4.37. The van der Waals surface area contributed by atoms with Crippen molar-refractivity contribution >= 4 is 34.0 Å². The van der Waals surface area contributed by atoms with Crippen molar-refractivity contribution in [2.75, 3.05) is 10.6 Å². The highest BCUT2D eigenvalue weighted by Gasteiger charge is 2.14. The van der Waals surface area contributed by atoms with E-state index < -0.39 is 0 Å². The Morgan fingerprint density at radius 3 is 2.56 bits per heavy atom. The Morgan fingerprint density at radius 1 is 0.920 bits per heavy atom. The van der Waals surface area contributed by atoms with Crippen LogP contribution in [0, 0.1) is 0 Å². The van der Waals surface area contributed by atoms with Crippen LogP contribution in [0.1, 0.15) is 10.4 Å². The molecule has 0 unspecified atom stereocenters. The van der Waals surface area contributed by atoms with Gasteiger partial charge >= 0.3 is 0 Å². The SMILES string of the molecule is O=C(Nc1ccccc1Nc1ccncc1)c1c[nH]c2cccnc12. The molecule has 1 amide bonds. The molecule has 0 atom stereocenters. The first-order chi connectivity index (χ1) is 12.3. The van der Waals surface area contributed by atoms with E-state index in [1.165, 1.54) is 0 Å². The van der Waals surface area contributed by atoms with Gasteiger partial charge in [0.2, 0.25) is 0 Å². The van der Waals surface area contributed by atoms with Gasteiger partial charge in [0, 0.05) is 30.5 Å². The zero-order valence-electron chi connectivity index (χ0n) is 13.2. The molecule has 3 heterocycles. The molecule has 0 saturated carbocycles. The number of nitrogens with one attached hydrogen (secondary N) is 3. The molecule has 0 aliphatic heterocycles. The van der Waals surface area contributed by atoms with Crippen molar-refractivity contribution in [3.05, 3.63) is 78.9 Å². The maximum atomic E-state index is 12.7. The summed E-state index contributed by atoms with van der Waals surface area (Å²) in [6.07, 6.45) is 6.76. The van der Waals surface area contributed by atoms with Crippen molar-refractivity contribution in [3.63, 3.8) is 0 Å². The summed E-state index contributed by atoms with van der Waals surface area (Å²) in [5.74, 6) is -0.214. The van der Waals surface area contributed by atoms with Crippen LogP contribution in [0.5, 0.6) is 0 Å². The number of aromatic nitrogens is 3. The first kappa shape index (κ1) is 14.9. The Bertz CT molecular complexity index is 1030. The van der Waals surface area contributed by atoms with Crippen LogP contribution in [0.2, 0.25) is 0 Å². The molecule has 0 aliphatic rings. The van der Waals surface area contributed by atoms with Crippen LogP contribution in [0.15, 0.2) is 73.3 Å². The van der Waals surface area contributed by atoms with Crippen molar-refractivity contribution < 1.29 is 4.79 Å². The first-order valence-corrected chi connectivity index (χ1v) is 7.81. The van der Waals surface area contributed by atoms with E-state index in [9.17, 15) is 4.79 Å². The van der Waals surface area contributed by atoms with E-state index in [0.29, 0.717) is 16.8 Å². The van der Waals surface area contributed by atoms with Gasteiger partial charge in [-0.3, -0.25) is 14.8 Å². The zero-order valence-corrected chi connectivity index (χ0v) is 13.2. The normalized spacial score (nSPS) is 10.6. The minimum Gasteiger partial charge on any atom is -0.359 e. The third-order valence-electron chi connectivity index (χ3n) is 3.81. The number of fused-ring (bicyclic) bond motifs is 1. The summed E-state index contributed by atoms with van der Waals surface area (Å²) in [6, 6.07) is 15.0. The maximum Gasteiger partial charge on any atom is 0.259 e. The molecule has 0 radical (unpaired) electrons. The van der Waals surface area contributed by atoms with Crippen LogP contribution in [0.25, 0.3) is 11.0 Å². The molecule has 25 heavy (non-hydrogen) atoms. The van der Waals surface area contributed by atoms with Crippen LogP contribution in [-0.2, 0) is 0 Å². The van der Waals surface area contributed by atoms with Gasteiger partial charge in [-0.05, 0) is 36.4 Å². The molecule has 4 aromatic rings. The molecule has 0 bridgehead atoms. The van der Waals surface area contributed by atoms with Crippen LogP contribution in [0.4, 0.5) is 17.1 Å². The maximum absolute atomic E-state index is 12.7. The Labute approximate surface area is 144 Å². The van der Waals surface area contributed by atoms with Gasteiger partial charge in [0.25, 0.3) is 5.91 Å². The first-order valence-electron chi connectivity index (χ1n) is 7.81. The lowest BCUT2D eigenvalue weighted by Gasteiger charge is -2.12. The molecule has 0 spiro atoms. The Balaban J connectivity index is 1.61. The number of amides is 1. The smallest absolute Gasteiger partial charge is 0.259 e. The molecule has 6 heteroatoms. The van der Waals surface area contributed by atoms with Crippen molar-refractivity contribution in [2.24, 2.45) is 0 Å². The lowest BCUT2D eigenvalue weighted by atomic mass is 10.2. The monoisotopic (exact) mass is 329 g/mol. The lowest BCUT2D eigenvalue weighted by Crippen LogP contribution is -2.13. The number of H-pyrrole nitrogens is 1. The molecular formula is C19H15N5O. The third kappa shape index (κ3) is 3.05. The molecule has 0 aliphatic carbocycles. The van der Waals surface area contributed by atoms with E-state index in [2.05, 4.69) is 25.6 Å². The minimum atomic E-state index is -0.214. The van der Waals surface area contributed by atoms with E-state index in [4.69, 9.17) is 0 Å². The highest BCUT2D eigenvalue weighted by atomic mass is 16.1. The molecule has 6 nitrogen and oxygen atoms in total. The van der Waals surface area contributed by atoms with Crippen molar-refractivity contribution in [2.45, 2.75) is 0 Å². The van der Waals surface area contributed by atoms with Crippen molar-refractivity contribution in [3.8, 4) is 0 Å². The number of pyridine rings is 2. The zero-order chi connectivity index (χ0) is 17.1. The Kier molecular flexibility index (Phi) is 3.84. The number of para-hydroxylation sites is 2. The van der Waals surface area contributed by atoms with Gasteiger partial charge in [-0.15, -0.1) is 0 Å². The second-order valence-corrected chi connectivity index (χ2v) is 5.46. The average molecular weight is 329 g/mol. The fraction of sp³-hybridized carbons (Fsp3) is 0. The molecule has 3 N–H and O–H groups in total. The number of anilines is 3. The summed E-state index contributed by atoms with van der Waals surface area (Å²) < 4.78 is 0. The highest BCUT2D eigenvalue weighted by Crippen LogP contribution is 2.26. The summed E-state index contributed by atoms with van der Waals surface area (Å²) in [5, 5.41) is 6.23. The van der Waals surface area contributed by atoms with Gasteiger partial charge in [-0.1, -0.05) is 12.1 Å². The number of carbonyl (C=O) groups is 1. The van der Waals surface area contributed by atoms with Crippen LogP contribution < -0.4 is 10.6 Å². The van der Waals surface area contributed by atoms with Gasteiger partial charge < -0.3 is 15.6 Å². The van der Waals surface area contributed by atoms with E-state index >= 15 is 0 Å². The van der Waals surface area contributed by atoms with Gasteiger partial charge in [-0.25, -0.2) is 0 Å². The van der Waals surface area contributed by atoms with Crippen LogP contribution in [0.3, 0.4) is 0 Å². The largest absolute Gasteiger partial charge is 0.359 e. The lowest BCUT2D eigenvalue weighted by molar-refractivity contribution is 0.102. The van der Waals surface area contributed by atoms with Crippen molar-refractivity contribution in [1.29, 1.82) is 0 Å². The van der Waals surface area contributed by atoms with Gasteiger partial charge in [0.05, 0.1) is 22.5 Å². The number of nitrogens with zero attached hydrogens (tertiary/aromatic N) is 2. The van der Waals surface area contributed by atoms with Crippen LogP contribution in [-0.4, -0.2) is 20.9 Å². The average Bonchev–Trinajstić information content (AvgIpc) is 3.08. The number of hydrogen-bond acceptors (Lipinski definition) is 4. The standard InChI is InChI=1S/C19H15N5O/c25-19(14-12-22-17-6-3-9-21-18(14)17)24-16-5-2-1-4-15(16)23-13-7-10-20-11-8-13/h1-12,22H,(H,20,23)(H,24,25). The van der Waals surface area contributed by atoms with Crippen molar-refractivity contribution in [1.82, 2.24) is 15.0 Å². The number of aromatic amines is 1. The molecule has 122 valence electrons. The van der Waals surface area contributed by atoms with E-state index in [1.807, 2.05) is 48.5 Å². The fourth-order valence-electron chi connectivity index (χ4n) is 2.61. The summed E-state index contributed by atoms with van der Waals surface area (Å²) in [6.45, 7) is 0. The quantitative estimate of drug-likeness (QED) is 0.529. The molecule has 0 saturated heterocycles. The number of carbonyl (C=O) groups excluding carboxylic acids is 1. The summed E-state index contributed by atoms with van der Waals surface area (Å²) in [4.78, 5) is 24.0. The molecule has 1 aromatic carbocycles. The molecular weight excluding hydrogens is 314 g/mol. The molecule has 0 fully saturated rings. The number of hydrogen-bond donors (Lipinski definition) is 3. The topological polar surface area (TPSA) is 82.7 Å². The fourth-order valence-corrected chi connectivity index (χ4v) is 2.61. The predicted octanol–water partition coefficient (Wildman–Crippen LogP) is 3.95. The number of rotatable bonds is 4. The predicted molar refractivity (Wildman–Crippen MR) is 98.0 cm³/mol. The Morgan fingerprint density at radius 2 is 1.72 bits per heavy atom. The van der Waals surface area contributed by atoms with E-state index in [-0.39, 0.29) is 5.91 Å². The highest BCUT2D eigenvalue weighted by molar-refractivity contribution is 6.12. The summed E-state index contributed by atoms with van der Waals surface area (Å²) >= 11 is 0. The second kappa shape index (κ2) is 6.45. The van der Waals surface area contributed by atoms with Gasteiger partial charge in [0.1, 0.15) is 5.52 Å². The Hall–Kier alpha value is -3.67. The van der Waals surface area contributed by atoms with E-state index in [1.54, 1.807) is 24.8 Å². The third-order valence-corrected chi connectivity index (χ3v) is 3.81. The summed E-state index contributed by atoms with van der Waals surface area (Å²) in [7, 11) is 0. The number of benzene rings is 1. The molecule has 3 aromatic heterocycles. The van der Waals surface area contributed by atoms with Gasteiger partial charge in [0.15, 0.2) is 0 Å². The molecule has 4 rings (SSSR count). The van der Waals surface area contributed by atoms with E-state index in [0.717, 1.165) is 16.9 Å². The second-order valence-electron chi connectivity index (χ2n) is 5.46. The van der Waals surface area contributed by atoms with Gasteiger partial charge in [-0.2, -0.15) is 0 Å². The minimum absolute atomic E-state index is 0.214. The van der Waals surface area contributed by atoms with Crippen LogP contribution >= 0.6 is 0 Å².